The van der Waals surface area contributed by atoms with E-state index in [2.05, 4.69) is 10.1 Å². The SMILES string of the molecule is COC(=O)c1ccc(C)c(NC(=O)[C@@H](C)N(c2cccc([N+](=O)[O-])c2)S(C)(=O)=O)c1. The Morgan fingerprint density at radius 1 is 1.20 bits per heavy atom. The van der Waals surface area contributed by atoms with E-state index in [1.807, 2.05) is 0 Å². The number of benzene rings is 2. The fourth-order valence-corrected chi connectivity index (χ4v) is 3.96. The molecule has 11 heteroatoms. The lowest BCUT2D eigenvalue weighted by Gasteiger charge is -2.28. The van der Waals surface area contributed by atoms with Crippen LogP contribution in [0.1, 0.15) is 22.8 Å². The molecule has 0 aliphatic heterocycles. The number of nitro groups is 1. The second-order valence-electron chi connectivity index (χ2n) is 6.52. The number of methoxy groups -OCH3 is 1. The van der Waals surface area contributed by atoms with Gasteiger partial charge in [0.15, 0.2) is 0 Å². The van der Waals surface area contributed by atoms with Gasteiger partial charge < -0.3 is 10.1 Å². The van der Waals surface area contributed by atoms with Crippen LogP contribution in [-0.2, 0) is 19.6 Å². The third-order valence-corrected chi connectivity index (χ3v) is 5.54. The van der Waals surface area contributed by atoms with Crippen LogP contribution in [0.2, 0.25) is 0 Å². The molecule has 0 aliphatic rings. The summed E-state index contributed by atoms with van der Waals surface area (Å²) in [4.78, 5) is 34.9. The van der Waals surface area contributed by atoms with Gasteiger partial charge in [0.25, 0.3) is 5.69 Å². The predicted molar refractivity (Wildman–Crippen MR) is 111 cm³/mol. The van der Waals surface area contributed by atoms with Gasteiger partial charge in [-0.05, 0) is 37.6 Å². The Morgan fingerprint density at radius 3 is 2.43 bits per heavy atom. The van der Waals surface area contributed by atoms with Crippen LogP contribution >= 0.6 is 0 Å². The van der Waals surface area contributed by atoms with Crippen molar-refractivity contribution in [2.75, 3.05) is 23.0 Å². The predicted octanol–water partition coefficient (Wildman–Crippen LogP) is 2.48. The number of hydrogen-bond acceptors (Lipinski definition) is 7. The van der Waals surface area contributed by atoms with Crippen LogP contribution in [0.4, 0.5) is 17.1 Å². The van der Waals surface area contributed by atoms with E-state index in [9.17, 15) is 28.1 Å². The van der Waals surface area contributed by atoms with Gasteiger partial charge >= 0.3 is 5.97 Å². The zero-order valence-corrected chi connectivity index (χ0v) is 17.6. The Balaban J connectivity index is 2.39. The van der Waals surface area contributed by atoms with E-state index in [0.29, 0.717) is 11.3 Å². The van der Waals surface area contributed by atoms with E-state index in [4.69, 9.17) is 0 Å². The zero-order valence-electron chi connectivity index (χ0n) is 16.8. The molecule has 0 unspecified atom stereocenters. The molecule has 0 heterocycles. The van der Waals surface area contributed by atoms with Gasteiger partial charge in [-0.2, -0.15) is 0 Å². The van der Waals surface area contributed by atoms with E-state index in [0.717, 1.165) is 16.6 Å². The number of carbonyl (C=O) groups is 2. The van der Waals surface area contributed by atoms with E-state index < -0.39 is 32.9 Å². The van der Waals surface area contributed by atoms with Crippen molar-refractivity contribution in [2.45, 2.75) is 19.9 Å². The van der Waals surface area contributed by atoms with Gasteiger partial charge in [-0.25, -0.2) is 13.2 Å². The molecule has 1 atom stereocenters. The van der Waals surface area contributed by atoms with Crippen LogP contribution in [0, 0.1) is 17.0 Å². The molecule has 1 amide bonds. The van der Waals surface area contributed by atoms with Crippen molar-refractivity contribution in [3.05, 3.63) is 63.7 Å². The Morgan fingerprint density at radius 2 is 1.87 bits per heavy atom. The lowest BCUT2D eigenvalue weighted by atomic mass is 10.1. The van der Waals surface area contributed by atoms with E-state index in [-0.39, 0.29) is 16.9 Å². The number of rotatable bonds is 7. The summed E-state index contributed by atoms with van der Waals surface area (Å²) in [6, 6.07) is 8.33. The molecule has 1 N–H and O–H groups in total. The number of nitrogens with one attached hydrogen (secondary N) is 1. The van der Waals surface area contributed by atoms with Crippen molar-refractivity contribution in [2.24, 2.45) is 0 Å². The molecule has 0 saturated heterocycles. The first-order chi connectivity index (χ1) is 14.0. The Bertz CT molecular complexity index is 1100. The third kappa shape index (κ3) is 5.11. The molecule has 0 aliphatic carbocycles. The maximum Gasteiger partial charge on any atom is 0.337 e. The Labute approximate surface area is 173 Å². The van der Waals surface area contributed by atoms with Gasteiger partial charge in [-0.1, -0.05) is 12.1 Å². The van der Waals surface area contributed by atoms with Crippen LogP contribution in [-0.4, -0.2) is 44.6 Å². The van der Waals surface area contributed by atoms with Crippen molar-refractivity contribution >= 4 is 39.0 Å². The molecule has 0 aromatic heterocycles. The molecule has 160 valence electrons. The van der Waals surface area contributed by atoms with Crippen LogP contribution in [0.5, 0.6) is 0 Å². The quantitative estimate of drug-likeness (QED) is 0.401. The van der Waals surface area contributed by atoms with Crippen LogP contribution < -0.4 is 9.62 Å². The topological polar surface area (TPSA) is 136 Å². The molecule has 0 radical (unpaired) electrons. The molecular weight excluding hydrogens is 414 g/mol. The number of amides is 1. The molecule has 0 saturated carbocycles. The molecule has 0 bridgehead atoms. The molecule has 2 aromatic carbocycles. The molecule has 30 heavy (non-hydrogen) atoms. The van der Waals surface area contributed by atoms with E-state index in [1.165, 1.54) is 44.4 Å². The second kappa shape index (κ2) is 8.91. The fourth-order valence-electron chi connectivity index (χ4n) is 2.79. The monoisotopic (exact) mass is 435 g/mol. The highest BCUT2D eigenvalue weighted by atomic mass is 32.2. The summed E-state index contributed by atoms with van der Waals surface area (Å²) < 4.78 is 30.2. The molecule has 2 aromatic rings. The molecule has 2 rings (SSSR count). The highest BCUT2D eigenvalue weighted by Crippen LogP contribution is 2.26. The molecule has 0 spiro atoms. The fraction of sp³-hybridized carbons (Fsp3) is 0.263. The minimum atomic E-state index is -3.96. The van der Waals surface area contributed by atoms with E-state index in [1.54, 1.807) is 13.0 Å². The largest absolute Gasteiger partial charge is 0.465 e. The average molecular weight is 435 g/mol. The number of carbonyl (C=O) groups excluding carboxylic acids is 2. The normalized spacial score (nSPS) is 12.0. The molecular formula is C19H21N3O7S. The number of nitrogens with zero attached hydrogens (tertiary/aromatic N) is 2. The highest BCUT2D eigenvalue weighted by molar-refractivity contribution is 7.92. The summed E-state index contributed by atoms with van der Waals surface area (Å²) >= 11 is 0. The number of non-ortho nitro benzene ring substituents is 1. The Hall–Kier alpha value is -3.47. The maximum atomic E-state index is 12.8. The summed E-state index contributed by atoms with van der Waals surface area (Å²) in [6.45, 7) is 3.06. The van der Waals surface area contributed by atoms with Gasteiger partial charge in [-0.15, -0.1) is 0 Å². The Kier molecular flexibility index (Phi) is 6.77. The standard InChI is InChI=1S/C19H21N3O7S/c1-12-8-9-14(19(24)29-3)10-17(12)20-18(23)13(2)21(30(4,27)28)15-6-5-7-16(11-15)22(25)26/h5-11,13H,1-4H3,(H,20,23)/t13-/m1/s1. The van der Waals surface area contributed by atoms with Crippen LogP contribution in [0.15, 0.2) is 42.5 Å². The van der Waals surface area contributed by atoms with Crippen molar-refractivity contribution < 1.29 is 27.7 Å². The molecule has 0 fully saturated rings. The number of ether oxygens (including phenoxy) is 1. The second-order valence-corrected chi connectivity index (χ2v) is 8.38. The van der Waals surface area contributed by atoms with Gasteiger partial charge in [0.2, 0.25) is 15.9 Å². The minimum absolute atomic E-state index is 0.0191. The number of sulfonamides is 1. The lowest BCUT2D eigenvalue weighted by molar-refractivity contribution is -0.384. The third-order valence-electron chi connectivity index (χ3n) is 4.30. The summed E-state index contributed by atoms with van der Waals surface area (Å²) in [5, 5.41) is 13.6. The summed E-state index contributed by atoms with van der Waals surface area (Å²) in [7, 11) is -2.73. The van der Waals surface area contributed by atoms with Crippen molar-refractivity contribution in [1.82, 2.24) is 0 Å². The first-order valence-electron chi connectivity index (χ1n) is 8.69. The van der Waals surface area contributed by atoms with Crippen LogP contribution in [0.3, 0.4) is 0 Å². The van der Waals surface area contributed by atoms with E-state index >= 15 is 0 Å². The first-order valence-corrected chi connectivity index (χ1v) is 10.5. The smallest absolute Gasteiger partial charge is 0.337 e. The van der Waals surface area contributed by atoms with Crippen LogP contribution in [0.25, 0.3) is 0 Å². The van der Waals surface area contributed by atoms with Gasteiger partial charge in [-0.3, -0.25) is 19.2 Å². The highest BCUT2D eigenvalue weighted by Gasteiger charge is 2.30. The van der Waals surface area contributed by atoms with Gasteiger partial charge in [0.1, 0.15) is 6.04 Å². The summed E-state index contributed by atoms with van der Waals surface area (Å²) in [6.07, 6.45) is 0.902. The minimum Gasteiger partial charge on any atom is -0.465 e. The lowest BCUT2D eigenvalue weighted by Crippen LogP contribution is -2.45. The average Bonchev–Trinajstić information content (AvgIpc) is 2.68. The number of aryl methyl sites for hydroxylation is 1. The summed E-state index contributed by atoms with van der Waals surface area (Å²) in [5.41, 5.74) is 0.834. The first kappa shape index (κ1) is 22.8. The summed E-state index contributed by atoms with van der Waals surface area (Å²) in [5.74, 6) is -1.27. The van der Waals surface area contributed by atoms with Crippen molar-refractivity contribution in [3.63, 3.8) is 0 Å². The number of hydrogen-bond donors (Lipinski definition) is 1. The number of nitro benzene ring substituents is 1. The van der Waals surface area contributed by atoms with Crippen molar-refractivity contribution in [3.8, 4) is 0 Å². The van der Waals surface area contributed by atoms with Gasteiger partial charge in [0, 0.05) is 17.8 Å². The number of anilines is 2. The molecule has 10 nitrogen and oxygen atoms in total. The van der Waals surface area contributed by atoms with Crippen molar-refractivity contribution in [1.29, 1.82) is 0 Å². The van der Waals surface area contributed by atoms with Gasteiger partial charge in [0.05, 0.1) is 29.5 Å². The zero-order chi connectivity index (χ0) is 22.6. The number of esters is 1. The maximum absolute atomic E-state index is 12.8.